The number of benzene rings is 2. The minimum absolute atomic E-state index is 0.0753. The summed E-state index contributed by atoms with van der Waals surface area (Å²) in [4.78, 5) is 0. The third-order valence-corrected chi connectivity index (χ3v) is 5.04. The van der Waals surface area contributed by atoms with Crippen LogP contribution >= 0.6 is 11.6 Å². The number of hydrogen-bond acceptors (Lipinski definition) is 3. The number of hydrogen-bond donors (Lipinski definition) is 3. The summed E-state index contributed by atoms with van der Waals surface area (Å²) in [6.45, 7) is 0. The second-order valence-corrected chi connectivity index (χ2v) is 6.90. The van der Waals surface area contributed by atoms with Gasteiger partial charge in [0.2, 0.25) is 5.96 Å². The van der Waals surface area contributed by atoms with E-state index < -0.39 is 0 Å². The van der Waals surface area contributed by atoms with Gasteiger partial charge < -0.3 is 11.5 Å². The summed E-state index contributed by atoms with van der Waals surface area (Å²) in [5.41, 5.74) is 16.7. The van der Waals surface area contributed by atoms with Gasteiger partial charge in [0, 0.05) is 21.8 Å². The van der Waals surface area contributed by atoms with Crippen LogP contribution in [-0.2, 0) is 6.42 Å². The Morgan fingerprint density at radius 3 is 2.52 bits per heavy atom. The second-order valence-electron chi connectivity index (χ2n) is 6.49. The first-order chi connectivity index (χ1) is 13.1. The largest absolute Gasteiger partial charge is 0.369 e. The Bertz CT molecular complexity index is 1020. The molecule has 0 aliphatic heterocycles. The molecular formula is C20H19ClN6. The molecule has 1 unspecified atom stereocenters. The molecule has 1 aromatic heterocycles. The zero-order chi connectivity index (χ0) is 18.8. The van der Waals surface area contributed by atoms with Crippen molar-refractivity contribution in [3.8, 4) is 11.3 Å². The lowest BCUT2D eigenvalue weighted by molar-refractivity contribution is 0.679. The molecule has 6 nitrogen and oxygen atoms in total. The monoisotopic (exact) mass is 378 g/mol. The summed E-state index contributed by atoms with van der Waals surface area (Å²) < 4.78 is 0. The van der Waals surface area contributed by atoms with Crippen LogP contribution in [0, 0.1) is 0 Å². The van der Waals surface area contributed by atoms with Crippen molar-refractivity contribution in [2.24, 2.45) is 21.7 Å². The zero-order valence-electron chi connectivity index (χ0n) is 14.6. The van der Waals surface area contributed by atoms with Gasteiger partial charge in [-0.15, -0.1) is 5.10 Å². The first kappa shape index (κ1) is 17.3. The van der Waals surface area contributed by atoms with E-state index in [4.69, 9.17) is 23.1 Å². The fraction of sp³-hybridized carbons (Fsp3) is 0.150. The first-order valence-electron chi connectivity index (χ1n) is 8.66. The summed E-state index contributed by atoms with van der Waals surface area (Å²) in [5, 5.41) is 16.7. The summed E-state index contributed by atoms with van der Waals surface area (Å²) >= 11 is 6.43. The van der Waals surface area contributed by atoms with Gasteiger partial charge in [0.1, 0.15) is 5.69 Å². The van der Waals surface area contributed by atoms with E-state index in [1.165, 1.54) is 0 Å². The summed E-state index contributed by atoms with van der Waals surface area (Å²) in [6.07, 6.45) is 1.46. The quantitative estimate of drug-likeness (QED) is 0.369. The van der Waals surface area contributed by atoms with Crippen molar-refractivity contribution in [2.75, 3.05) is 0 Å². The van der Waals surface area contributed by atoms with Crippen LogP contribution in [0.5, 0.6) is 0 Å². The normalized spacial score (nSPS) is 17.5. The van der Waals surface area contributed by atoms with Crippen LogP contribution in [-0.4, -0.2) is 21.9 Å². The standard InChI is InChI=1S/C20H19ClN6/c21-15-9-5-4-8-14(15)13-10-16-18(17(11-13)25-27-20(22)23)19(26-24-16)12-6-2-1-3-7-12/h1-9,13H,10-11H2,(H,24,26)(H4,22,23,27)/b25-17-. The molecule has 0 amide bonds. The highest BCUT2D eigenvalue weighted by Crippen LogP contribution is 2.38. The Morgan fingerprint density at radius 1 is 1.04 bits per heavy atom. The fourth-order valence-corrected chi connectivity index (χ4v) is 3.82. The molecule has 1 heterocycles. The van der Waals surface area contributed by atoms with Crippen LogP contribution < -0.4 is 11.5 Å². The molecule has 5 N–H and O–H groups in total. The van der Waals surface area contributed by atoms with E-state index in [2.05, 4.69) is 20.4 Å². The van der Waals surface area contributed by atoms with Gasteiger partial charge in [-0.3, -0.25) is 5.10 Å². The van der Waals surface area contributed by atoms with E-state index in [0.29, 0.717) is 6.42 Å². The van der Waals surface area contributed by atoms with Crippen LogP contribution in [0.2, 0.25) is 5.02 Å². The molecule has 136 valence electrons. The fourth-order valence-electron chi connectivity index (χ4n) is 3.53. The van der Waals surface area contributed by atoms with Gasteiger partial charge >= 0.3 is 0 Å². The number of nitrogens with two attached hydrogens (primary N) is 2. The van der Waals surface area contributed by atoms with E-state index in [1.807, 2.05) is 54.6 Å². The molecule has 3 aromatic rings. The summed E-state index contributed by atoms with van der Waals surface area (Å²) in [6, 6.07) is 17.9. The van der Waals surface area contributed by atoms with Crippen molar-refractivity contribution in [1.82, 2.24) is 10.2 Å². The van der Waals surface area contributed by atoms with Crippen molar-refractivity contribution in [3.05, 3.63) is 76.4 Å². The number of fused-ring (bicyclic) bond motifs is 1. The van der Waals surface area contributed by atoms with Gasteiger partial charge in [-0.25, -0.2) is 0 Å². The average molecular weight is 379 g/mol. The minimum atomic E-state index is -0.0753. The maximum absolute atomic E-state index is 6.43. The predicted molar refractivity (Wildman–Crippen MR) is 109 cm³/mol. The van der Waals surface area contributed by atoms with Gasteiger partial charge in [-0.1, -0.05) is 60.1 Å². The molecule has 0 fully saturated rings. The van der Waals surface area contributed by atoms with Crippen molar-refractivity contribution < 1.29 is 0 Å². The highest BCUT2D eigenvalue weighted by atomic mass is 35.5. The third-order valence-electron chi connectivity index (χ3n) is 4.70. The smallest absolute Gasteiger partial charge is 0.211 e. The van der Waals surface area contributed by atoms with Gasteiger partial charge in [0.15, 0.2) is 0 Å². The maximum atomic E-state index is 6.43. The Balaban J connectivity index is 1.82. The summed E-state index contributed by atoms with van der Waals surface area (Å²) in [7, 11) is 0. The molecule has 1 aliphatic carbocycles. The molecule has 0 bridgehead atoms. The van der Waals surface area contributed by atoms with Crippen molar-refractivity contribution >= 4 is 23.3 Å². The Morgan fingerprint density at radius 2 is 1.78 bits per heavy atom. The Hall–Kier alpha value is -3.12. The maximum Gasteiger partial charge on any atom is 0.211 e. The molecule has 7 heteroatoms. The van der Waals surface area contributed by atoms with Gasteiger partial charge in [0.05, 0.1) is 5.71 Å². The lowest BCUT2D eigenvalue weighted by Crippen LogP contribution is -2.23. The lowest BCUT2D eigenvalue weighted by atomic mass is 9.80. The second kappa shape index (κ2) is 7.25. The van der Waals surface area contributed by atoms with Crippen LogP contribution in [0.1, 0.15) is 29.2 Å². The van der Waals surface area contributed by atoms with E-state index >= 15 is 0 Å². The molecule has 0 saturated heterocycles. The van der Waals surface area contributed by atoms with Gasteiger partial charge in [-0.05, 0) is 30.4 Å². The lowest BCUT2D eigenvalue weighted by Gasteiger charge is -2.24. The average Bonchev–Trinajstić information content (AvgIpc) is 3.11. The number of aromatic amines is 1. The van der Waals surface area contributed by atoms with Crippen LogP contribution in [0.4, 0.5) is 0 Å². The highest BCUT2D eigenvalue weighted by molar-refractivity contribution is 6.31. The third kappa shape index (κ3) is 3.44. The van der Waals surface area contributed by atoms with E-state index in [0.717, 1.165) is 45.2 Å². The molecule has 4 rings (SSSR count). The van der Waals surface area contributed by atoms with Crippen molar-refractivity contribution in [3.63, 3.8) is 0 Å². The van der Waals surface area contributed by atoms with E-state index in [1.54, 1.807) is 0 Å². The predicted octanol–water partition coefficient (Wildman–Crippen LogP) is 3.44. The van der Waals surface area contributed by atoms with Gasteiger partial charge in [-0.2, -0.15) is 10.2 Å². The number of aromatic nitrogens is 2. The number of rotatable bonds is 3. The number of guanidine groups is 1. The van der Waals surface area contributed by atoms with E-state index in [9.17, 15) is 0 Å². The number of nitrogens with one attached hydrogen (secondary N) is 1. The van der Waals surface area contributed by atoms with Crippen LogP contribution in [0.25, 0.3) is 11.3 Å². The van der Waals surface area contributed by atoms with Gasteiger partial charge in [0.25, 0.3) is 0 Å². The Kier molecular flexibility index (Phi) is 4.64. The topological polar surface area (TPSA) is 105 Å². The van der Waals surface area contributed by atoms with Crippen molar-refractivity contribution in [1.29, 1.82) is 0 Å². The first-order valence-corrected chi connectivity index (χ1v) is 9.04. The number of halogens is 1. The minimum Gasteiger partial charge on any atom is -0.369 e. The molecule has 0 saturated carbocycles. The molecule has 0 spiro atoms. The zero-order valence-corrected chi connectivity index (χ0v) is 15.3. The van der Waals surface area contributed by atoms with Crippen LogP contribution in [0.15, 0.2) is 64.8 Å². The SMILES string of the molecule is NC(N)=N/N=C1/CC(c2ccccc2Cl)Cc2[nH]nc(-c3ccccc3)c21. The summed E-state index contributed by atoms with van der Waals surface area (Å²) in [5.74, 6) is 0.0943. The highest BCUT2D eigenvalue weighted by Gasteiger charge is 2.31. The molecule has 1 atom stereocenters. The molecule has 0 radical (unpaired) electrons. The molecule has 27 heavy (non-hydrogen) atoms. The van der Waals surface area contributed by atoms with E-state index in [-0.39, 0.29) is 11.9 Å². The molecule has 1 aliphatic rings. The van der Waals surface area contributed by atoms with Crippen molar-refractivity contribution in [2.45, 2.75) is 18.8 Å². The Labute approximate surface area is 162 Å². The molecular weight excluding hydrogens is 360 g/mol. The number of nitrogens with zero attached hydrogens (tertiary/aromatic N) is 3. The molecule has 2 aromatic carbocycles. The van der Waals surface area contributed by atoms with Crippen LogP contribution in [0.3, 0.4) is 0 Å². The number of H-pyrrole nitrogens is 1.